The van der Waals surface area contributed by atoms with E-state index in [0.717, 1.165) is 6.07 Å². The summed E-state index contributed by atoms with van der Waals surface area (Å²) in [7, 11) is 0. The van der Waals surface area contributed by atoms with Crippen LogP contribution in [0.15, 0.2) is 24.3 Å². The highest BCUT2D eigenvalue weighted by Crippen LogP contribution is 2.42. The van der Waals surface area contributed by atoms with Crippen LogP contribution < -0.4 is 0 Å². The molecule has 9 heteroatoms. The van der Waals surface area contributed by atoms with E-state index in [-0.39, 0.29) is 26.5 Å². The molecule has 0 saturated carbocycles. The number of hydrogen-bond donors (Lipinski definition) is 2. The summed E-state index contributed by atoms with van der Waals surface area (Å²) in [5.74, 6) is -3.83. The maximum absolute atomic E-state index is 11.7. The van der Waals surface area contributed by atoms with E-state index in [9.17, 15) is 19.8 Å². The average Bonchev–Trinajstić information content (AvgIpc) is 2.52. The lowest BCUT2D eigenvalue weighted by atomic mass is 9.87. The fourth-order valence-electron chi connectivity index (χ4n) is 2.47. The van der Waals surface area contributed by atoms with E-state index >= 15 is 0 Å². The number of carboxylic acids is 2. The van der Waals surface area contributed by atoms with Gasteiger partial charge in [0.05, 0.1) is 21.2 Å². The topological polar surface area (TPSA) is 74.6 Å². The van der Waals surface area contributed by atoms with E-state index in [2.05, 4.69) is 0 Å². The molecule has 0 spiro atoms. The Labute approximate surface area is 167 Å². The summed E-state index contributed by atoms with van der Waals surface area (Å²) in [5.41, 5.74) is -0.543. The van der Waals surface area contributed by atoms with Crippen LogP contribution in [0.3, 0.4) is 0 Å². The Morgan fingerprint density at radius 2 is 1.60 bits per heavy atom. The molecule has 0 bridgehead atoms. The van der Waals surface area contributed by atoms with Crippen LogP contribution in [0.1, 0.15) is 37.8 Å². The third kappa shape index (κ3) is 3.99. The molecule has 0 heterocycles. The van der Waals surface area contributed by atoms with Crippen molar-refractivity contribution < 1.29 is 19.8 Å². The summed E-state index contributed by atoms with van der Waals surface area (Å²) in [4.78, 5) is 23.2. The average molecular weight is 443 g/mol. The van der Waals surface area contributed by atoms with Gasteiger partial charge in [0.2, 0.25) is 0 Å². The summed E-state index contributed by atoms with van der Waals surface area (Å²) < 4.78 is 0. The first kappa shape index (κ1) is 20.1. The maximum atomic E-state index is 11.7. The molecule has 0 aliphatic carbocycles. The molecule has 0 aromatic heterocycles. The molecule has 0 amide bonds. The van der Waals surface area contributed by atoms with Crippen LogP contribution in [0.4, 0.5) is 0 Å². The molecule has 2 aromatic rings. The number of hydrogen-bond acceptors (Lipinski definition) is 2. The van der Waals surface area contributed by atoms with Gasteiger partial charge in [-0.15, -0.1) is 11.6 Å². The van der Waals surface area contributed by atoms with E-state index in [1.54, 1.807) is 12.1 Å². The molecular formula is C16H9Cl5O4. The van der Waals surface area contributed by atoms with E-state index < -0.39 is 29.0 Å². The van der Waals surface area contributed by atoms with Crippen LogP contribution in [-0.2, 0) is 0 Å². The molecule has 25 heavy (non-hydrogen) atoms. The molecule has 2 rings (SSSR count). The molecule has 2 aromatic carbocycles. The highest BCUT2D eigenvalue weighted by atomic mass is 35.5. The van der Waals surface area contributed by atoms with Gasteiger partial charge < -0.3 is 10.2 Å². The zero-order valence-corrected chi connectivity index (χ0v) is 16.0. The lowest BCUT2D eigenvalue weighted by molar-refractivity contribution is 0.0650. The zero-order chi connectivity index (χ0) is 18.9. The van der Waals surface area contributed by atoms with Gasteiger partial charge in [-0.3, -0.25) is 0 Å². The normalized spacial score (nSPS) is 12.0. The molecule has 0 saturated heterocycles. The smallest absolute Gasteiger partial charge is 0.336 e. The number of alkyl halides is 1. The van der Waals surface area contributed by atoms with Gasteiger partial charge in [0.15, 0.2) is 0 Å². The summed E-state index contributed by atoms with van der Waals surface area (Å²) in [5, 5.41) is 19.3. The first-order chi connectivity index (χ1) is 11.7. The quantitative estimate of drug-likeness (QED) is 0.552. The van der Waals surface area contributed by atoms with Gasteiger partial charge in [-0.1, -0.05) is 52.5 Å². The summed E-state index contributed by atoms with van der Waals surface area (Å²) in [6.07, 6.45) is 0. The van der Waals surface area contributed by atoms with Crippen molar-refractivity contribution in [3.05, 3.63) is 66.6 Å². The maximum Gasteiger partial charge on any atom is 0.336 e. The van der Waals surface area contributed by atoms with E-state index in [4.69, 9.17) is 58.0 Å². The van der Waals surface area contributed by atoms with Gasteiger partial charge in [0, 0.05) is 21.8 Å². The van der Waals surface area contributed by atoms with Gasteiger partial charge in [-0.05, 0) is 29.3 Å². The predicted octanol–water partition coefficient (Wildman–Crippen LogP) is 6.07. The Hall–Kier alpha value is -1.17. The first-order valence-electron chi connectivity index (χ1n) is 6.68. The number of rotatable bonds is 5. The SMILES string of the molecule is O=C(O)c1cc(Cl)c(Cl)c(C(CCl)c2ccc(Cl)cc2Cl)c1C(=O)O. The number of carboxylic acid groups (broad SMARTS) is 2. The molecule has 0 fully saturated rings. The standard InChI is InChI=1S/C16H9Cl5O4/c17-5-9(7-2-1-6(18)3-10(7)19)12-13(16(24)25)8(15(22)23)4-11(20)14(12)21/h1-4,9H,5H2,(H,22,23)(H,24,25). The van der Waals surface area contributed by atoms with Crippen molar-refractivity contribution in [2.75, 3.05) is 5.88 Å². The lowest BCUT2D eigenvalue weighted by Gasteiger charge is -2.22. The fraction of sp³-hybridized carbons (Fsp3) is 0.125. The minimum absolute atomic E-state index is 0.0155. The van der Waals surface area contributed by atoms with Crippen molar-refractivity contribution in [3.8, 4) is 0 Å². The number of halogens is 5. The molecule has 0 aliphatic rings. The van der Waals surface area contributed by atoms with Crippen LogP contribution in [-0.4, -0.2) is 28.0 Å². The van der Waals surface area contributed by atoms with Crippen molar-refractivity contribution in [1.29, 1.82) is 0 Å². The third-order valence-corrected chi connectivity index (χ3v) is 5.21. The van der Waals surface area contributed by atoms with Crippen molar-refractivity contribution in [3.63, 3.8) is 0 Å². The third-order valence-electron chi connectivity index (χ3n) is 3.54. The lowest BCUT2D eigenvalue weighted by Crippen LogP contribution is -2.17. The van der Waals surface area contributed by atoms with Gasteiger partial charge >= 0.3 is 11.9 Å². The molecule has 0 aliphatic heterocycles. The summed E-state index contributed by atoms with van der Waals surface area (Å²) in [6.45, 7) is 0. The van der Waals surface area contributed by atoms with Crippen molar-refractivity contribution in [2.45, 2.75) is 5.92 Å². The van der Waals surface area contributed by atoms with Crippen LogP contribution >= 0.6 is 58.0 Å². The highest BCUT2D eigenvalue weighted by Gasteiger charge is 2.31. The Bertz CT molecular complexity index is 866. The Morgan fingerprint density at radius 3 is 2.08 bits per heavy atom. The Balaban J connectivity index is 2.86. The molecule has 1 atom stereocenters. The van der Waals surface area contributed by atoms with Gasteiger partial charge in [0.25, 0.3) is 0 Å². The molecule has 2 N–H and O–H groups in total. The predicted molar refractivity (Wildman–Crippen MR) is 99.4 cm³/mol. The zero-order valence-electron chi connectivity index (χ0n) is 12.2. The summed E-state index contributed by atoms with van der Waals surface area (Å²) in [6, 6.07) is 5.59. The van der Waals surface area contributed by atoms with Crippen molar-refractivity contribution >= 4 is 69.9 Å². The van der Waals surface area contributed by atoms with Gasteiger partial charge in [0.1, 0.15) is 0 Å². The minimum atomic E-state index is -1.47. The van der Waals surface area contributed by atoms with E-state index in [1.807, 2.05) is 0 Å². The monoisotopic (exact) mass is 440 g/mol. The molecule has 132 valence electrons. The molecule has 4 nitrogen and oxygen atoms in total. The molecule has 0 radical (unpaired) electrons. The highest BCUT2D eigenvalue weighted by molar-refractivity contribution is 6.43. The first-order valence-corrected chi connectivity index (χ1v) is 8.73. The second kappa shape index (κ2) is 8.02. The van der Waals surface area contributed by atoms with Gasteiger partial charge in [-0.2, -0.15) is 0 Å². The molecular weight excluding hydrogens is 433 g/mol. The Morgan fingerprint density at radius 1 is 0.960 bits per heavy atom. The second-order valence-electron chi connectivity index (χ2n) is 4.99. The van der Waals surface area contributed by atoms with Crippen LogP contribution in [0.2, 0.25) is 20.1 Å². The van der Waals surface area contributed by atoms with Crippen LogP contribution in [0, 0.1) is 0 Å². The van der Waals surface area contributed by atoms with Crippen LogP contribution in [0.5, 0.6) is 0 Å². The van der Waals surface area contributed by atoms with E-state index in [1.165, 1.54) is 6.07 Å². The fourth-order valence-corrected chi connectivity index (χ4v) is 3.82. The number of aromatic carboxylic acids is 2. The largest absolute Gasteiger partial charge is 0.478 e. The van der Waals surface area contributed by atoms with Crippen molar-refractivity contribution in [2.24, 2.45) is 0 Å². The van der Waals surface area contributed by atoms with Crippen LogP contribution in [0.25, 0.3) is 0 Å². The van der Waals surface area contributed by atoms with Gasteiger partial charge in [-0.25, -0.2) is 9.59 Å². The molecule has 1 unspecified atom stereocenters. The van der Waals surface area contributed by atoms with Crippen molar-refractivity contribution in [1.82, 2.24) is 0 Å². The van der Waals surface area contributed by atoms with E-state index in [0.29, 0.717) is 10.6 Å². The number of carbonyl (C=O) groups is 2. The number of benzene rings is 2. The minimum Gasteiger partial charge on any atom is -0.478 e. The Kier molecular flexibility index (Phi) is 6.46. The second-order valence-corrected chi connectivity index (χ2v) is 6.93. The summed E-state index contributed by atoms with van der Waals surface area (Å²) >= 11 is 30.3.